The van der Waals surface area contributed by atoms with E-state index in [2.05, 4.69) is 26.0 Å². The SMILES string of the molecule is Cc1nc2ccc(Br)cc2c(=O)n1N=Cc1cc(Cl)c(OCc2ccccc2C#N)c([N+](=O)[O-])c1. The predicted octanol–water partition coefficient (Wildman–Crippen LogP) is 5.36. The van der Waals surface area contributed by atoms with Crippen LogP contribution < -0.4 is 10.3 Å². The van der Waals surface area contributed by atoms with Crippen LogP contribution in [0.2, 0.25) is 5.02 Å². The molecule has 0 aliphatic rings. The maximum absolute atomic E-state index is 12.9. The number of nitriles is 1. The van der Waals surface area contributed by atoms with Gasteiger partial charge in [-0.05, 0) is 37.3 Å². The molecule has 0 radical (unpaired) electrons. The highest BCUT2D eigenvalue weighted by atomic mass is 79.9. The summed E-state index contributed by atoms with van der Waals surface area (Å²) in [7, 11) is 0. The molecule has 0 bridgehead atoms. The highest BCUT2D eigenvalue weighted by Crippen LogP contribution is 2.36. The Labute approximate surface area is 212 Å². The van der Waals surface area contributed by atoms with Crippen LogP contribution in [0, 0.1) is 28.4 Å². The summed E-state index contributed by atoms with van der Waals surface area (Å²) in [4.78, 5) is 28.4. The van der Waals surface area contributed by atoms with Gasteiger partial charge in [0.15, 0.2) is 0 Å². The minimum atomic E-state index is -0.624. The molecule has 0 atom stereocenters. The van der Waals surface area contributed by atoms with Crippen LogP contribution in [0.5, 0.6) is 5.75 Å². The number of aryl methyl sites for hydroxylation is 1. The van der Waals surface area contributed by atoms with Crippen LogP contribution in [-0.2, 0) is 6.61 Å². The third-order valence-electron chi connectivity index (χ3n) is 5.05. The monoisotopic (exact) mass is 551 g/mol. The molecule has 0 aliphatic heterocycles. The van der Waals surface area contributed by atoms with Gasteiger partial charge in [0.1, 0.15) is 12.4 Å². The minimum Gasteiger partial charge on any atom is -0.481 e. The maximum Gasteiger partial charge on any atom is 0.313 e. The number of nitro benzene ring substituents is 1. The van der Waals surface area contributed by atoms with Gasteiger partial charge in [-0.1, -0.05) is 45.7 Å². The van der Waals surface area contributed by atoms with Crippen LogP contribution >= 0.6 is 27.5 Å². The van der Waals surface area contributed by atoms with Gasteiger partial charge in [0.25, 0.3) is 5.56 Å². The number of halogens is 2. The molecular formula is C24H15BrClN5O4. The van der Waals surface area contributed by atoms with Crippen molar-refractivity contribution >= 4 is 50.3 Å². The fourth-order valence-electron chi connectivity index (χ4n) is 3.38. The van der Waals surface area contributed by atoms with Crippen molar-refractivity contribution in [3.63, 3.8) is 0 Å². The highest BCUT2D eigenvalue weighted by Gasteiger charge is 2.21. The quantitative estimate of drug-likeness (QED) is 0.180. The lowest BCUT2D eigenvalue weighted by Crippen LogP contribution is -2.20. The fraction of sp³-hybridized carbons (Fsp3) is 0.0833. The van der Waals surface area contributed by atoms with Crippen LogP contribution in [0.25, 0.3) is 10.9 Å². The number of nitro groups is 1. The zero-order chi connectivity index (χ0) is 25.1. The first kappa shape index (κ1) is 24.1. The number of hydrogen-bond donors (Lipinski definition) is 0. The van der Waals surface area contributed by atoms with Gasteiger partial charge in [-0.2, -0.15) is 15.0 Å². The Hall–Kier alpha value is -4.07. The topological polar surface area (TPSA) is 123 Å². The van der Waals surface area contributed by atoms with Gasteiger partial charge in [0.05, 0.1) is 38.7 Å². The van der Waals surface area contributed by atoms with Crippen molar-refractivity contribution in [1.29, 1.82) is 5.26 Å². The van der Waals surface area contributed by atoms with Gasteiger partial charge in [0.2, 0.25) is 5.75 Å². The normalized spacial score (nSPS) is 11.0. The Morgan fingerprint density at radius 3 is 2.80 bits per heavy atom. The molecule has 9 nitrogen and oxygen atoms in total. The van der Waals surface area contributed by atoms with Crippen molar-refractivity contribution in [2.24, 2.45) is 5.10 Å². The summed E-state index contributed by atoms with van der Waals surface area (Å²) in [5.74, 6) is 0.213. The summed E-state index contributed by atoms with van der Waals surface area (Å²) in [5.41, 5.74) is 1.01. The van der Waals surface area contributed by atoms with Crippen LogP contribution in [0.15, 0.2) is 69.0 Å². The van der Waals surface area contributed by atoms with Crippen molar-refractivity contribution < 1.29 is 9.66 Å². The van der Waals surface area contributed by atoms with E-state index in [9.17, 15) is 20.2 Å². The third-order valence-corrected chi connectivity index (χ3v) is 5.82. The molecule has 0 aliphatic carbocycles. The molecule has 1 heterocycles. The molecule has 3 aromatic carbocycles. The Balaban J connectivity index is 1.69. The Kier molecular flexibility index (Phi) is 6.91. The second-order valence-electron chi connectivity index (χ2n) is 7.35. The maximum atomic E-state index is 12.9. The van der Waals surface area contributed by atoms with E-state index < -0.39 is 4.92 Å². The first-order chi connectivity index (χ1) is 16.8. The van der Waals surface area contributed by atoms with E-state index in [-0.39, 0.29) is 34.2 Å². The molecule has 1 aromatic heterocycles. The summed E-state index contributed by atoms with van der Waals surface area (Å²) in [6.07, 6.45) is 1.29. The summed E-state index contributed by atoms with van der Waals surface area (Å²) in [6.45, 7) is 1.55. The number of fused-ring (bicyclic) bond motifs is 1. The number of rotatable bonds is 6. The molecule has 4 rings (SSSR count). The van der Waals surface area contributed by atoms with Crippen molar-refractivity contribution in [2.45, 2.75) is 13.5 Å². The number of aromatic nitrogens is 2. The largest absolute Gasteiger partial charge is 0.481 e. The molecule has 35 heavy (non-hydrogen) atoms. The molecule has 0 saturated carbocycles. The molecule has 0 saturated heterocycles. The zero-order valence-corrected chi connectivity index (χ0v) is 20.4. The van der Waals surface area contributed by atoms with E-state index in [1.54, 1.807) is 49.4 Å². The zero-order valence-electron chi connectivity index (χ0n) is 18.1. The van der Waals surface area contributed by atoms with Crippen molar-refractivity contribution in [3.8, 4) is 11.8 Å². The summed E-state index contributed by atoms with van der Waals surface area (Å²) >= 11 is 9.65. The minimum absolute atomic E-state index is 0.0141. The number of nitrogens with zero attached hydrogens (tertiary/aromatic N) is 5. The van der Waals surface area contributed by atoms with Crippen LogP contribution in [0.3, 0.4) is 0 Å². The Morgan fingerprint density at radius 2 is 2.06 bits per heavy atom. The van der Waals surface area contributed by atoms with E-state index >= 15 is 0 Å². The Morgan fingerprint density at radius 1 is 1.29 bits per heavy atom. The van der Waals surface area contributed by atoms with Gasteiger partial charge in [0, 0.05) is 21.7 Å². The highest BCUT2D eigenvalue weighted by molar-refractivity contribution is 9.10. The van der Waals surface area contributed by atoms with Gasteiger partial charge in [-0.3, -0.25) is 14.9 Å². The van der Waals surface area contributed by atoms with E-state index in [1.807, 2.05) is 6.07 Å². The molecule has 4 aromatic rings. The van der Waals surface area contributed by atoms with Crippen LogP contribution in [-0.4, -0.2) is 20.8 Å². The van der Waals surface area contributed by atoms with Crippen LogP contribution in [0.1, 0.15) is 22.5 Å². The van der Waals surface area contributed by atoms with E-state index in [4.69, 9.17) is 16.3 Å². The van der Waals surface area contributed by atoms with Crippen LogP contribution in [0.4, 0.5) is 5.69 Å². The smallest absolute Gasteiger partial charge is 0.313 e. The second kappa shape index (κ2) is 10.0. The lowest BCUT2D eigenvalue weighted by Gasteiger charge is -2.10. The summed E-state index contributed by atoms with van der Waals surface area (Å²) in [5, 5.41) is 25.5. The van der Waals surface area contributed by atoms with Crippen molar-refractivity contribution in [1.82, 2.24) is 9.66 Å². The van der Waals surface area contributed by atoms with Crippen molar-refractivity contribution in [3.05, 3.63) is 107 Å². The summed E-state index contributed by atoms with van der Waals surface area (Å²) < 4.78 is 7.46. The molecule has 174 valence electrons. The first-order valence-electron chi connectivity index (χ1n) is 10.1. The van der Waals surface area contributed by atoms with Gasteiger partial charge in [-0.15, -0.1) is 0 Å². The average Bonchev–Trinajstić information content (AvgIpc) is 2.83. The molecule has 0 spiro atoms. The predicted molar refractivity (Wildman–Crippen MR) is 135 cm³/mol. The third kappa shape index (κ3) is 5.06. The fourth-order valence-corrected chi connectivity index (χ4v) is 4.02. The average molecular weight is 553 g/mol. The van der Waals surface area contributed by atoms with Gasteiger partial charge >= 0.3 is 5.69 Å². The standard InChI is InChI=1S/C24H15BrClN5O4/c1-14-29-21-7-6-18(25)10-19(21)24(32)30(14)28-12-15-8-20(26)23(22(9-15)31(33)34)35-13-17-5-3-2-4-16(17)11-27/h2-10,12H,13H2,1H3. The van der Waals surface area contributed by atoms with E-state index in [1.165, 1.54) is 18.3 Å². The van der Waals surface area contributed by atoms with Gasteiger partial charge < -0.3 is 4.74 Å². The number of ether oxygens (including phenoxy) is 1. The number of hydrogen-bond acceptors (Lipinski definition) is 7. The van der Waals surface area contributed by atoms with E-state index in [0.29, 0.717) is 27.9 Å². The first-order valence-corrected chi connectivity index (χ1v) is 11.3. The molecule has 0 N–H and O–H groups in total. The second-order valence-corrected chi connectivity index (χ2v) is 8.67. The van der Waals surface area contributed by atoms with Gasteiger partial charge in [-0.25, -0.2) is 4.98 Å². The molecule has 0 amide bonds. The summed E-state index contributed by atoms with van der Waals surface area (Å²) in [6, 6.07) is 16.6. The Bertz CT molecular complexity index is 1610. The molecule has 0 fully saturated rings. The lowest BCUT2D eigenvalue weighted by atomic mass is 10.1. The molecule has 11 heteroatoms. The molecular weight excluding hydrogens is 538 g/mol. The van der Waals surface area contributed by atoms with Crippen molar-refractivity contribution in [2.75, 3.05) is 0 Å². The lowest BCUT2D eigenvalue weighted by molar-refractivity contribution is -0.385. The molecule has 0 unspecified atom stereocenters. The van der Waals surface area contributed by atoms with E-state index in [0.717, 1.165) is 9.15 Å². The number of benzene rings is 3.